The van der Waals surface area contributed by atoms with Crippen LogP contribution in [-0.4, -0.2) is 15.6 Å². The van der Waals surface area contributed by atoms with Gasteiger partial charge in [0.15, 0.2) is 0 Å². The average Bonchev–Trinajstić information content (AvgIpc) is 3.14. The fraction of sp³-hybridized carbons (Fsp3) is 0.500. The highest BCUT2D eigenvalue weighted by molar-refractivity contribution is 5.94. The zero-order chi connectivity index (χ0) is 19.1. The summed E-state index contributed by atoms with van der Waals surface area (Å²) in [6.07, 6.45) is 5.80. The van der Waals surface area contributed by atoms with E-state index < -0.39 is 9.85 Å². The summed E-state index contributed by atoms with van der Waals surface area (Å²) < 4.78 is 0. The van der Waals surface area contributed by atoms with Crippen LogP contribution in [0.4, 0.5) is 17.1 Å². The molecule has 0 amide bonds. The highest BCUT2D eigenvalue weighted by Crippen LogP contribution is 2.58. The molecule has 2 saturated carbocycles. The smallest absolute Gasteiger partial charge is 0.271 e. The van der Waals surface area contributed by atoms with Gasteiger partial charge in [-0.3, -0.25) is 25.7 Å². The van der Waals surface area contributed by atoms with Crippen molar-refractivity contribution >= 4 is 22.8 Å². The highest BCUT2D eigenvalue weighted by atomic mass is 16.6. The number of hydrogen-bond donors (Lipinski definition) is 1. The summed E-state index contributed by atoms with van der Waals surface area (Å²) in [5, 5.41) is 26.2. The van der Waals surface area contributed by atoms with E-state index in [1.807, 2.05) is 6.92 Å². The molecule has 8 nitrogen and oxygen atoms in total. The van der Waals surface area contributed by atoms with E-state index in [-0.39, 0.29) is 22.5 Å². The number of anilines is 1. The summed E-state index contributed by atoms with van der Waals surface area (Å²) in [6, 6.07) is 3.46. The number of non-ortho nitro benzene ring substituents is 1. The Morgan fingerprint density at radius 3 is 2.58 bits per heavy atom. The molecule has 1 N–H and O–H groups in total. The van der Waals surface area contributed by atoms with E-state index in [1.165, 1.54) is 37.0 Å². The minimum absolute atomic E-state index is 0.130. The summed E-state index contributed by atoms with van der Waals surface area (Å²) in [6.45, 7) is 6.38. The van der Waals surface area contributed by atoms with Crippen molar-refractivity contribution in [2.24, 2.45) is 22.4 Å². The van der Waals surface area contributed by atoms with Crippen molar-refractivity contribution < 1.29 is 9.85 Å². The lowest BCUT2D eigenvalue weighted by molar-refractivity contribution is -0.393. The quantitative estimate of drug-likeness (QED) is 0.467. The van der Waals surface area contributed by atoms with Crippen LogP contribution < -0.4 is 5.43 Å². The van der Waals surface area contributed by atoms with Gasteiger partial charge >= 0.3 is 5.69 Å². The predicted octanol–water partition coefficient (Wildman–Crippen LogP) is 4.67. The zero-order valence-corrected chi connectivity index (χ0v) is 15.1. The van der Waals surface area contributed by atoms with Crippen LogP contribution >= 0.6 is 0 Å². The van der Waals surface area contributed by atoms with Gasteiger partial charge in [-0.1, -0.05) is 19.4 Å². The first-order valence-corrected chi connectivity index (χ1v) is 8.65. The summed E-state index contributed by atoms with van der Waals surface area (Å²) in [4.78, 5) is 20.7. The molecule has 8 heteroatoms. The molecule has 2 fully saturated rings. The Balaban J connectivity index is 1.83. The fourth-order valence-corrected chi connectivity index (χ4v) is 4.27. The van der Waals surface area contributed by atoms with Crippen molar-refractivity contribution in [3.63, 3.8) is 0 Å². The third-order valence-corrected chi connectivity index (χ3v) is 5.74. The topological polar surface area (TPSA) is 111 Å². The van der Waals surface area contributed by atoms with Crippen LogP contribution in [0.3, 0.4) is 0 Å². The van der Waals surface area contributed by atoms with Crippen molar-refractivity contribution in [2.45, 2.75) is 40.0 Å². The molecule has 2 atom stereocenters. The lowest BCUT2D eigenvalue weighted by Crippen LogP contribution is -2.23. The predicted molar refractivity (Wildman–Crippen MR) is 99.2 cm³/mol. The number of fused-ring (bicyclic) bond motifs is 2. The molecule has 0 spiro atoms. The molecule has 3 rings (SSSR count). The molecule has 2 aliphatic rings. The number of benzene rings is 1. The monoisotopic (exact) mass is 358 g/mol. The number of rotatable bonds is 5. The maximum Gasteiger partial charge on any atom is 0.301 e. The Bertz CT molecular complexity index is 828. The molecule has 2 bridgehead atoms. The lowest BCUT2D eigenvalue weighted by Gasteiger charge is -2.32. The van der Waals surface area contributed by atoms with Crippen molar-refractivity contribution in [3.05, 3.63) is 50.1 Å². The molecule has 0 saturated heterocycles. The first-order valence-electron chi connectivity index (χ1n) is 8.65. The molecule has 0 radical (unpaired) electrons. The van der Waals surface area contributed by atoms with Crippen LogP contribution in [0.5, 0.6) is 0 Å². The number of allylic oxidation sites excluding steroid dienone is 2. The molecular weight excluding hydrogens is 336 g/mol. The standard InChI is InChI=1S/C18H22N4O4/c1-11(8-15-12-4-5-13(9-12)18(15,2)3)19-20-16-7-6-14(21(23)24)10-17(16)22(25)26/h6-8,10,12-13,20H,4-5,9H2,1-3H3/b15-8?,19-11+/t12-,13+/m1/s1. The van der Waals surface area contributed by atoms with Crippen LogP contribution in [-0.2, 0) is 0 Å². The highest BCUT2D eigenvalue weighted by Gasteiger charge is 2.48. The summed E-state index contributed by atoms with van der Waals surface area (Å²) in [5.74, 6) is 1.32. The molecule has 0 aromatic heterocycles. The Labute approximate surface area is 151 Å². The second-order valence-corrected chi connectivity index (χ2v) is 7.61. The Hall–Kier alpha value is -2.77. The van der Waals surface area contributed by atoms with Gasteiger partial charge in [-0.05, 0) is 55.6 Å². The van der Waals surface area contributed by atoms with E-state index in [9.17, 15) is 20.2 Å². The van der Waals surface area contributed by atoms with Crippen LogP contribution in [0.15, 0.2) is 34.9 Å². The van der Waals surface area contributed by atoms with Crippen molar-refractivity contribution in [2.75, 3.05) is 5.43 Å². The maximum atomic E-state index is 11.2. The molecule has 0 aliphatic heterocycles. The minimum atomic E-state index is -0.660. The third-order valence-electron chi connectivity index (χ3n) is 5.74. The van der Waals surface area contributed by atoms with Gasteiger partial charge in [-0.2, -0.15) is 5.10 Å². The first kappa shape index (κ1) is 18.0. The lowest BCUT2D eigenvalue weighted by atomic mass is 9.72. The van der Waals surface area contributed by atoms with Crippen molar-refractivity contribution in [1.29, 1.82) is 0 Å². The molecule has 1 aromatic rings. The van der Waals surface area contributed by atoms with Crippen LogP contribution in [0.25, 0.3) is 0 Å². The Morgan fingerprint density at radius 2 is 2.00 bits per heavy atom. The molecule has 2 aliphatic carbocycles. The number of nitro groups is 2. The van der Waals surface area contributed by atoms with Gasteiger partial charge in [0.25, 0.3) is 5.69 Å². The molecule has 1 aromatic carbocycles. The molecule has 138 valence electrons. The van der Waals surface area contributed by atoms with Gasteiger partial charge in [0.1, 0.15) is 5.69 Å². The number of nitrogens with zero attached hydrogens (tertiary/aromatic N) is 3. The van der Waals surface area contributed by atoms with Crippen LogP contribution in [0.1, 0.15) is 40.0 Å². The number of nitro benzene ring substituents is 2. The molecule has 0 heterocycles. The van der Waals surface area contributed by atoms with Gasteiger partial charge < -0.3 is 0 Å². The fourth-order valence-electron chi connectivity index (χ4n) is 4.27. The van der Waals surface area contributed by atoms with Crippen LogP contribution in [0.2, 0.25) is 0 Å². The van der Waals surface area contributed by atoms with E-state index in [2.05, 4.69) is 30.5 Å². The average molecular weight is 358 g/mol. The second kappa shape index (κ2) is 6.51. The van der Waals surface area contributed by atoms with Gasteiger partial charge in [-0.25, -0.2) is 0 Å². The molecule has 26 heavy (non-hydrogen) atoms. The van der Waals surface area contributed by atoms with E-state index >= 15 is 0 Å². The second-order valence-electron chi connectivity index (χ2n) is 7.61. The van der Waals surface area contributed by atoms with E-state index in [4.69, 9.17) is 0 Å². The van der Waals surface area contributed by atoms with Gasteiger partial charge in [0.05, 0.1) is 21.6 Å². The first-order chi connectivity index (χ1) is 12.2. The van der Waals surface area contributed by atoms with Gasteiger partial charge in [0.2, 0.25) is 0 Å². The normalized spacial score (nSPS) is 25.5. The number of nitrogens with one attached hydrogen (secondary N) is 1. The van der Waals surface area contributed by atoms with E-state index in [1.54, 1.807) is 0 Å². The maximum absolute atomic E-state index is 11.2. The third kappa shape index (κ3) is 3.18. The van der Waals surface area contributed by atoms with Crippen molar-refractivity contribution in [3.8, 4) is 0 Å². The zero-order valence-electron chi connectivity index (χ0n) is 15.1. The summed E-state index contributed by atoms with van der Waals surface area (Å²) >= 11 is 0. The van der Waals surface area contributed by atoms with E-state index in [0.29, 0.717) is 5.92 Å². The largest absolute Gasteiger partial charge is 0.301 e. The Kier molecular flexibility index (Phi) is 4.52. The molecular formula is C18H22N4O4. The number of hydrogen-bond acceptors (Lipinski definition) is 6. The van der Waals surface area contributed by atoms with E-state index in [0.717, 1.165) is 17.7 Å². The Morgan fingerprint density at radius 1 is 1.27 bits per heavy atom. The minimum Gasteiger partial charge on any atom is -0.271 e. The summed E-state index contributed by atoms with van der Waals surface area (Å²) in [7, 11) is 0. The van der Waals surface area contributed by atoms with Gasteiger partial charge in [0, 0.05) is 6.07 Å². The van der Waals surface area contributed by atoms with Crippen molar-refractivity contribution in [1.82, 2.24) is 0 Å². The number of hydrazone groups is 1. The van der Waals surface area contributed by atoms with Crippen LogP contribution in [0, 0.1) is 37.5 Å². The summed E-state index contributed by atoms with van der Waals surface area (Å²) in [5.41, 5.74) is 4.41. The molecule has 0 unspecified atom stereocenters. The SMILES string of the molecule is C/C(C=C1[C@@H]2CC[C@@H](C2)C1(C)C)=N\Nc1ccc([N+](=O)[O-])cc1[N+](=O)[O-]. The van der Waals surface area contributed by atoms with Gasteiger partial charge in [-0.15, -0.1) is 0 Å².